The minimum Gasteiger partial charge on any atom is -0.494 e. The number of nitrogens with two attached hydrogens (primary N) is 1. The molecule has 2 unspecified atom stereocenters. The van der Waals surface area contributed by atoms with Gasteiger partial charge in [-0.1, -0.05) is 25.1 Å². The fourth-order valence-corrected chi connectivity index (χ4v) is 2.32. The molecular formula is C15H26N2O2. The van der Waals surface area contributed by atoms with E-state index >= 15 is 0 Å². The largest absolute Gasteiger partial charge is 0.494 e. The van der Waals surface area contributed by atoms with E-state index in [0.29, 0.717) is 13.2 Å². The molecule has 3 N–H and O–H groups in total. The molecule has 0 aliphatic carbocycles. The maximum absolute atomic E-state index is 5.92. The normalized spacial score (nSPS) is 15.8. The third kappa shape index (κ3) is 3.69. The Morgan fingerprint density at radius 1 is 1.21 bits per heavy atom. The van der Waals surface area contributed by atoms with Crippen molar-refractivity contribution in [3.8, 4) is 5.75 Å². The molecule has 0 radical (unpaired) electrons. The molecule has 2 atom stereocenters. The minimum absolute atomic E-state index is 0.111. The predicted octanol–water partition coefficient (Wildman–Crippen LogP) is 2.79. The van der Waals surface area contributed by atoms with Gasteiger partial charge in [0.1, 0.15) is 5.75 Å². The number of benzene rings is 1. The lowest BCUT2D eigenvalue weighted by atomic mass is 9.87. The van der Waals surface area contributed by atoms with Crippen LogP contribution >= 0.6 is 0 Å². The second-order valence-corrected chi connectivity index (χ2v) is 4.67. The first-order valence-corrected chi connectivity index (χ1v) is 6.94. The Hall–Kier alpha value is -1.10. The Morgan fingerprint density at radius 3 is 2.42 bits per heavy atom. The summed E-state index contributed by atoms with van der Waals surface area (Å²) < 4.78 is 11.6. The summed E-state index contributed by atoms with van der Waals surface area (Å²) in [6, 6.07) is 7.84. The van der Waals surface area contributed by atoms with E-state index in [1.807, 2.05) is 38.1 Å². The van der Waals surface area contributed by atoms with E-state index in [-0.39, 0.29) is 11.6 Å². The summed E-state index contributed by atoms with van der Waals surface area (Å²) in [5.41, 5.74) is 3.56. The molecule has 0 amide bonds. The first-order valence-electron chi connectivity index (χ1n) is 6.94. The summed E-state index contributed by atoms with van der Waals surface area (Å²) in [5, 5.41) is 0. The fraction of sp³-hybridized carbons (Fsp3) is 0.600. The number of nitrogens with one attached hydrogen (secondary N) is 1. The van der Waals surface area contributed by atoms with E-state index < -0.39 is 0 Å². The lowest BCUT2D eigenvalue weighted by Crippen LogP contribution is -2.46. The molecule has 0 heterocycles. The number of hydrogen-bond acceptors (Lipinski definition) is 4. The van der Waals surface area contributed by atoms with Gasteiger partial charge in [-0.15, -0.1) is 0 Å². The van der Waals surface area contributed by atoms with Crippen LogP contribution in [0.5, 0.6) is 5.75 Å². The number of rotatable bonds is 8. The van der Waals surface area contributed by atoms with E-state index in [1.165, 1.54) is 0 Å². The van der Waals surface area contributed by atoms with Gasteiger partial charge in [0.2, 0.25) is 0 Å². The molecule has 0 saturated carbocycles. The number of hydrogen-bond donors (Lipinski definition) is 2. The SMILES string of the molecule is CCOc1ccccc1C(NN)C(C)(CC)OCC. The first kappa shape index (κ1) is 16.0. The monoisotopic (exact) mass is 266 g/mol. The van der Waals surface area contributed by atoms with Gasteiger partial charge in [-0.3, -0.25) is 5.84 Å². The molecule has 0 aromatic heterocycles. The van der Waals surface area contributed by atoms with Crippen LogP contribution in [0.2, 0.25) is 0 Å². The highest BCUT2D eigenvalue weighted by Gasteiger charge is 2.35. The zero-order chi connectivity index (χ0) is 14.3. The van der Waals surface area contributed by atoms with E-state index in [0.717, 1.165) is 17.7 Å². The van der Waals surface area contributed by atoms with E-state index in [4.69, 9.17) is 15.3 Å². The molecule has 4 nitrogen and oxygen atoms in total. The highest BCUT2D eigenvalue weighted by molar-refractivity contribution is 5.37. The molecule has 4 heteroatoms. The second kappa shape index (κ2) is 7.48. The van der Waals surface area contributed by atoms with Crippen LogP contribution in [0.4, 0.5) is 0 Å². The van der Waals surface area contributed by atoms with Crippen molar-refractivity contribution in [3.63, 3.8) is 0 Å². The molecule has 1 rings (SSSR count). The topological polar surface area (TPSA) is 56.5 Å². The van der Waals surface area contributed by atoms with Crippen LogP contribution in [0, 0.1) is 0 Å². The van der Waals surface area contributed by atoms with Crippen LogP contribution in [-0.4, -0.2) is 18.8 Å². The summed E-state index contributed by atoms with van der Waals surface area (Å²) in [6.07, 6.45) is 0.857. The summed E-state index contributed by atoms with van der Waals surface area (Å²) in [4.78, 5) is 0. The van der Waals surface area contributed by atoms with Crippen LogP contribution in [-0.2, 0) is 4.74 Å². The molecule has 0 fully saturated rings. The molecule has 1 aromatic rings. The van der Waals surface area contributed by atoms with Crippen molar-refractivity contribution in [1.82, 2.24) is 5.43 Å². The Morgan fingerprint density at radius 2 is 1.89 bits per heavy atom. The van der Waals surface area contributed by atoms with Crippen molar-refractivity contribution in [1.29, 1.82) is 0 Å². The first-order chi connectivity index (χ1) is 9.12. The lowest BCUT2D eigenvalue weighted by Gasteiger charge is -2.37. The van der Waals surface area contributed by atoms with Crippen molar-refractivity contribution < 1.29 is 9.47 Å². The number of ether oxygens (including phenoxy) is 2. The van der Waals surface area contributed by atoms with Gasteiger partial charge in [-0.25, -0.2) is 5.43 Å². The van der Waals surface area contributed by atoms with Crippen LogP contribution in [0.15, 0.2) is 24.3 Å². The average Bonchev–Trinajstić information content (AvgIpc) is 2.42. The third-order valence-electron chi connectivity index (χ3n) is 3.48. The summed E-state index contributed by atoms with van der Waals surface area (Å²) in [5.74, 6) is 6.63. The average molecular weight is 266 g/mol. The van der Waals surface area contributed by atoms with Crippen molar-refractivity contribution in [2.75, 3.05) is 13.2 Å². The lowest BCUT2D eigenvalue weighted by molar-refractivity contribution is -0.0569. The maximum atomic E-state index is 5.92. The van der Waals surface area contributed by atoms with Crippen molar-refractivity contribution in [2.45, 2.75) is 45.8 Å². The predicted molar refractivity (Wildman–Crippen MR) is 78.0 cm³/mol. The molecule has 0 aliphatic heterocycles. The number of para-hydroxylation sites is 1. The molecule has 19 heavy (non-hydrogen) atoms. The zero-order valence-electron chi connectivity index (χ0n) is 12.4. The molecule has 0 spiro atoms. The van der Waals surface area contributed by atoms with Gasteiger partial charge in [0.05, 0.1) is 18.2 Å². The van der Waals surface area contributed by atoms with E-state index in [1.54, 1.807) is 0 Å². The van der Waals surface area contributed by atoms with Crippen molar-refractivity contribution in [2.24, 2.45) is 5.84 Å². The van der Waals surface area contributed by atoms with Crippen LogP contribution in [0.3, 0.4) is 0 Å². The summed E-state index contributed by atoms with van der Waals surface area (Å²) in [7, 11) is 0. The van der Waals surface area contributed by atoms with Gasteiger partial charge < -0.3 is 9.47 Å². The Kier molecular flexibility index (Phi) is 6.28. The summed E-state index contributed by atoms with van der Waals surface area (Å²) >= 11 is 0. The Labute approximate surface area is 116 Å². The third-order valence-corrected chi connectivity index (χ3v) is 3.48. The molecular weight excluding hydrogens is 240 g/mol. The molecule has 1 aromatic carbocycles. The summed E-state index contributed by atoms with van der Waals surface area (Å²) in [6.45, 7) is 9.43. The van der Waals surface area contributed by atoms with Crippen molar-refractivity contribution in [3.05, 3.63) is 29.8 Å². The smallest absolute Gasteiger partial charge is 0.124 e. The maximum Gasteiger partial charge on any atom is 0.124 e. The zero-order valence-corrected chi connectivity index (χ0v) is 12.4. The molecule has 0 saturated heterocycles. The van der Waals surface area contributed by atoms with Crippen molar-refractivity contribution >= 4 is 0 Å². The molecule has 0 bridgehead atoms. The van der Waals surface area contributed by atoms with Gasteiger partial charge in [0.25, 0.3) is 0 Å². The highest BCUT2D eigenvalue weighted by atomic mass is 16.5. The van der Waals surface area contributed by atoms with Gasteiger partial charge >= 0.3 is 0 Å². The molecule has 0 aliphatic rings. The second-order valence-electron chi connectivity index (χ2n) is 4.67. The van der Waals surface area contributed by atoms with E-state index in [9.17, 15) is 0 Å². The van der Waals surface area contributed by atoms with E-state index in [2.05, 4.69) is 19.3 Å². The quantitative estimate of drug-likeness (QED) is 0.561. The van der Waals surface area contributed by atoms with Gasteiger partial charge in [0, 0.05) is 12.2 Å². The van der Waals surface area contributed by atoms with Gasteiger partial charge in [-0.2, -0.15) is 0 Å². The van der Waals surface area contributed by atoms with Gasteiger partial charge in [-0.05, 0) is 33.3 Å². The Bertz CT molecular complexity index is 384. The Balaban J connectivity index is 3.14. The minimum atomic E-state index is -0.364. The molecule has 108 valence electrons. The fourth-order valence-electron chi connectivity index (χ4n) is 2.32. The van der Waals surface area contributed by atoms with Gasteiger partial charge in [0.15, 0.2) is 0 Å². The number of hydrazine groups is 1. The standard InChI is InChI=1S/C15H26N2O2/c1-5-15(4,19-7-3)14(17-16)12-10-8-9-11-13(12)18-6-2/h8-11,14,17H,5-7,16H2,1-4H3. The highest BCUT2D eigenvalue weighted by Crippen LogP contribution is 2.36. The van der Waals surface area contributed by atoms with Crippen LogP contribution in [0.1, 0.15) is 45.7 Å². The van der Waals surface area contributed by atoms with Crippen LogP contribution in [0.25, 0.3) is 0 Å². The van der Waals surface area contributed by atoms with Crippen LogP contribution < -0.4 is 16.0 Å².